The van der Waals surface area contributed by atoms with Crippen molar-refractivity contribution < 1.29 is 33.9 Å². The smallest absolute Gasteiger partial charge is 0.269 e. The van der Waals surface area contributed by atoms with Gasteiger partial charge in [-0.2, -0.15) is 0 Å². The van der Waals surface area contributed by atoms with E-state index in [-0.39, 0.29) is 49.3 Å². The molecule has 290 valence electrons. The van der Waals surface area contributed by atoms with Crippen LogP contribution in [0.25, 0.3) is 0 Å². The molecule has 4 rings (SSSR count). The van der Waals surface area contributed by atoms with Gasteiger partial charge >= 0.3 is 0 Å². The summed E-state index contributed by atoms with van der Waals surface area (Å²) in [6.45, 7) is 8.51. The topological polar surface area (TPSA) is 189 Å². The lowest BCUT2D eigenvalue weighted by molar-refractivity contribution is -0.384. The SMILES string of the molecule is CC(C)CNC(=O)C[C@H](O)[C@H](CC1CCCCC1)NC(=O)[C@H](CC(C)C)NC(=O)[C@H](Cc1ccccc1)NC(=O)CC1COc2ccc([N+](=O)[O-])cc21. The summed E-state index contributed by atoms with van der Waals surface area (Å²) >= 11 is 0. The van der Waals surface area contributed by atoms with Gasteiger partial charge in [-0.15, -0.1) is 0 Å². The molecule has 2 aromatic rings. The third-order valence-electron chi connectivity index (χ3n) is 10.00. The number of aliphatic hydroxyl groups excluding tert-OH is 1. The second-order valence-electron chi connectivity index (χ2n) is 15.5. The number of fused-ring (bicyclic) bond motifs is 1. The molecule has 13 nitrogen and oxygen atoms in total. The Kier molecular flexibility index (Phi) is 15.6. The third kappa shape index (κ3) is 13.1. The second-order valence-corrected chi connectivity index (χ2v) is 15.5. The number of carbonyl (C=O) groups is 4. The predicted molar refractivity (Wildman–Crippen MR) is 201 cm³/mol. The highest BCUT2D eigenvalue weighted by atomic mass is 16.6. The number of hydrogen-bond acceptors (Lipinski definition) is 8. The molecular weight excluding hydrogens is 678 g/mol. The molecule has 0 radical (unpaired) electrons. The summed E-state index contributed by atoms with van der Waals surface area (Å²) in [5.41, 5.74) is 1.27. The van der Waals surface area contributed by atoms with Gasteiger partial charge in [0.05, 0.1) is 30.1 Å². The average molecular weight is 736 g/mol. The molecule has 1 unspecified atom stereocenters. The van der Waals surface area contributed by atoms with Crippen LogP contribution >= 0.6 is 0 Å². The van der Waals surface area contributed by atoms with Crippen molar-refractivity contribution in [3.63, 3.8) is 0 Å². The van der Waals surface area contributed by atoms with Crippen LogP contribution in [0.4, 0.5) is 5.69 Å². The molecule has 1 heterocycles. The van der Waals surface area contributed by atoms with Gasteiger partial charge in [-0.05, 0) is 42.2 Å². The standard InChI is InChI=1S/C40H57N5O8/c1-25(2)17-33(39(49)43-32(18-27-11-7-5-8-12-27)35(46)22-37(47)41-23-26(3)4)44-40(50)34(19-28-13-9-6-10-14-28)42-38(48)20-29-24-53-36-16-15-30(45(51)52)21-31(29)36/h6,9-10,13-16,21,25-27,29,32-35,46H,5,7-8,11-12,17-20,22-24H2,1-4H3,(H,41,47)(H,42,48)(H,43,49)(H,44,50)/t29?,32-,33-,34-,35-/m0/s1. The molecule has 0 aromatic heterocycles. The highest BCUT2D eigenvalue weighted by molar-refractivity contribution is 5.92. The van der Waals surface area contributed by atoms with Crippen molar-refractivity contribution >= 4 is 29.3 Å². The van der Waals surface area contributed by atoms with E-state index in [9.17, 15) is 34.4 Å². The van der Waals surface area contributed by atoms with Gasteiger partial charge in [-0.25, -0.2) is 0 Å². The Hall–Kier alpha value is -4.52. The fraction of sp³-hybridized carbons (Fsp3) is 0.600. The number of nitro groups is 1. The van der Waals surface area contributed by atoms with Gasteiger partial charge in [-0.1, -0.05) is 90.1 Å². The molecule has 1 aliphatic carbocycles. The third-order valence-corrected chi connectivity index (χ3v) is 10.00. The lowest BCUT2D eigenvalue weighted by Crippen LogP contribution is -2.57. The van der Waals surface area contributed by atoms with E-state index in [0.29, 0.717) is 36.6 Å². The van der Waals surface area contributed by atoms with Gasteiger partial charge in [0.15, 0.2) is 0 Å². The van der Waals surface area contributed by atoms with E-state index < -0.39 is 52.8 Å². The number of nitrogens with one attached hydrogen (secondary N) is 4. The zero-order valence-corrected chi connectivity index (χ0v) is 31.5. The average Bonchev–Trinajstić information content (AvgIpc) is 3.51. The fourth-order valence-corrected chi connectivity index (χ4v) is 7.16. The first-order chi connectivity index (χ1) is 25.3. The van der Waals surface area contributed by atoms with E-state index in [4.69, 9.17) is 4.74 Å². The van der Waals surface area contributed by atoms with E-state index in [1.165, 1.54) is 18.2 Å². The first-order valence-electron chi connectivity index (χ1n) is 19.1. The Morgan fingerprint density at radius 1 is 0.887 bits per heavy atom. The van der Waals surface area contributed by atoms with Gasteiger partial charge < -0.3 is 31.1 Å². The Bertz CT molecular complexity index is 1540. The van der Waals surface area contributed by atoms with E-state index in [1.807, 2.05) is 58.0 Å². The molecule has 4 amide bonds. The highest BCUT2D eigenvalue weighted by Gasteiger charge is 2.34. The van der Waals surface area contributed by atoms with Crippen LogP contribution in [0, 0.1) is 27.9 Å². The largest absolute Gasteiger partial charge is 0.493 e. The molecule has 2 aromatic carbocycles. The monoisotopic (exact) mass is 735 g/mol. The molecular formula is C40H57N5O8. The van der Waals surface area contributed by atoms with Crippen LogP contribution in [-0.4, -0.2) is 71.0 Å². The van der Waals surface area contributed by atoms with Gasteiger partial charge in [0.25, 0.3) is 5.69 Å². The van der Waals surface area contributed by atoms with Gasteiger partial charge in [0.2, 0.25) is 23.6 Å². The number of hydrogen-bond donors (Lipinski definition) is 5. The molecule has 0 bridgehead atoms. The second kappa shape index (κ2) is 20.1. The number of nitrogens with zero attached hydrogens (tertiary/aromatic N) is 1. The summed E-state index contributed by atoms with van der Waals surface area (Å²) in [5.74, 6) is -1.11. The molecule has 1 fully saturated rings. The minimum absolute atomic E-state index is 0.0169. The minimum atomic E-state index is -1.11. The van der Waals surface area contributed by atoms with E-state index in [2.05, 4.69) is 21.3 Å². The number of aliphatic hydroxyl groups is 1. The van der Waals surface area contributed by atoms with Crippen LogP contribution in [0.5, 0.6) is 5.75 Å². The number of carbonyl (C=O) groups excluding carboxylic acids is 4. The lowest BCUT2D eigenvalue weighted by Gasteiger charge is -2.32. The van der Waals surface area contributed by atoms with Crippen LogP contribution in [0.2, 0.25) is 0 Å². The molecule has 1 aliphatic heterocycles. The van der Waals surface area contributed by atoms with Crippen molar-refractivity contribution in [1.29, 1.82) is 0 Å². The van der Waals surface area contributed by atoms with Gasteiger partial charge in [0.1, 0.15) is 17.8 Å². The lowest BCUT2D eigenvalue weighted by atomic mass is 9.83. The predicted octanol–water partition coefficient (Wildman–Crippen LogP) is 4.70. The summed E-state index contributed by atoms with van der Waals surface area (Å²) in [6, 6.07) is 10.8. The highest BCUT2D eigenvalue weighted by Crippen LogP contribution is 2.38. The van der Waals surface area contributed by atoms with Gasteiger partial charge in [-0.3, -0.25) is 29.3 Å². The van der Waals surface area contributed by atoms with Crippen LogP contribution in [-0.2, 0) is 25.6 Å². The molecule has 53 heavy (non-hydrogen) atoms. The fourth-order valence-electron chi connectivity index (χ4n) is 7.16. The summed E-state index contributed by atoms with van der Waals surface area (Å²) in [7, 11) is 0. The van der Waals surface area contributed by atoms with Crippen LogP contribution in [0.3, 0.4) is 0 Å². The molecule has 5 N–H and O–H groups in total. The van der Waals surface area contributed by atoms with Crippen LogP contribution < -0.4 is 26.0 Å². The molecule has 5 atom stereocenters. The van der Waals surface area contributed by atoms with Crippen molar-refractivity contribution in [2.45, 2.75) is 122 Å². The summed E-state index contributed by atoms with van der Waals surface area (Å²) in [6.07, 6.45) is 4.95. The van der Waals surface area contributed by atoms with E-state index in [0.717, 1.165) is 37.7 Å². The summed E-state index contributed by atoms with van der Waals surface area (Å²) < 4.78 is 5.68. The molecule has 0 spiro atoms. The number of benzene rings is 2. The Balaban J connectivity index is 1.49. The molecule has 13 heteroatoms. The van der Waals surface area contributed by atoms with E-state index >= 15 is 0 Å². The maximum absolute atomic E-state index is 14.0. The van der Waals surface area contributed by atoms with E-state index in [1.54, 1.807) is 0 Å². The number of amides is 4. The first kappa shape index (κ1) is 41.2. The summed E-state index contributed by atoms with van der Waals surface area (Å²) in [4.78, 5) is 65.1. The maximum Gasteiger partial charge on any atom is 0.269 e. The number of nitro benzene ring substituents is 1. The molecule has 1 saturated carbocycles. The molecule has 0 saturated heterocycles. The van der Waals surface area contributed by atoms with Crippen molar-refractivity contribution in [2.24, 2.45) is 17.8 Å². The van der Waals surface area contributed by atoms with Crippen LogP contribution in [0.1, 0.15) is 103 Å². The van der Waals surface area contributed by atoms with Gasteiger partial charge in [0, 0.05) is 43.0 Å². The zero-order valence-electron chi connectivity index (χ0n) is 31.5. The number of rotatable bonds is 19. The Morgan fingerprint density at radius 2 is 1.58 bits per heavy atom. The zero-order chi connectivity index (χ0) is 38.5. The number of non-ortho nitro benzene ring substituents is 1. The first-order valence-corrected chi connectivity index (χ1v) is 19.1. The minimum Gasteiger partial charge on any atom is -0.493 e. The molecule has 2 aliphatic rings. The van der Waals surface area contributed by atoms with Crippen molar-refractivity contribution in [2.75, 3.05) is 13.2 Å². The quantitative estimate of drug-likeness (QED) is 0.101. The Morgan fingerprint density at radius 3 is 2.25 bits per heavy atom. The summed E-state index contributed by atoms with van der Waals surface area (Å²) in [5, 5.41) is 34.3. The van der Waals surface area contributed by atoms with Crippen molar-refractivity contribution in [3.05, 3.63) is 69.8 Å². The van der Waals surface area contributed by atoms with Crippen molar-refractivity contribution in [3.8, 4) is 5.75 Å². The normalized spacial score (nSPS) is 17.9. The maximum atomic E-state index is 14.0. The number of ether oxygens (including phenoxy) is 1. The Labute approximate surface area is 312 Å². The van der Waals surface area contributed by atoms with Crippen LogP contribution in [0.15, 0.2) is 48.5 Å². The van der Waals surface area contributed by atoms with Crippen molar-refractivity contribution in [1.82, 2.24) is 21.3 Å².